The number of hydrogen-bond acceptors (Lipinski definition) is 6. The molecule has 0 saturated carbocycles. The summed E-state index contributed by atoms with van der Waals surface area (Å²) < 4.78 is 5.07. The van der Waals surface area contributed by atoms with Crippen molar-refractivity contribution in [3.8, 4) is 0 Å². The lowest BCUT2D eigenvalue weighted by Gasteiger charge is -2.13. The van der Waals surface area contributed by atoms with Gasteiger partial charge >= 0.3 is 5.97 Å². The average molecular weight is 383 g/mol. The highest BCUT2D eigenvalue weighted by atomic mass is 16.6. The summed E-state index contributed by atoms with van der Waals surface area (Å²) in [6.45, 7) is 5.53. The molecule has 1 atom stereocenters. The van der Waals surface area contributed by atoms with Crippen molar-refractivity contribution in [1.82, 2.24) is 5.32 Å². The third kappa shape index (κ3) is 5.66. The first kappa shape index (κ1) is 20.6. The van der Waals surface area contributed by atoms with Gasteiger partial charge in [-0.25, -0.2) is 4.79 Å². The first-order valence-electron chi connectivity index (χ1n) is 8.58. The lowest BCUT2D eigenvalue weighted by molar-refractivity contribution is -0.384. The van der Waals surface area contributed by atoms with Gasteiger partial charge in [0.25, 0.3) is 11.6 Å². The van der Waals surface area contributed by atoms with E-state index < -0.39 is 22.9 Å². The van der Waals surface area contributed by atoms with Crippen LogP contribution in [0.5, 0.6) is 0 Å². The van der Waals surface area contributed by atoms with Crippen LogP contribution in [0.3, 0.4) is 0 Å². The topological polar surface area (TPSA) is 111 Å². The Balaban J connectivity index is 2.10. The zero-order valence-corrected chi connectivity index (χ0v) is 15.4. The van der Waals surface area contributed by atoms with Gasteiger partial charge in [0.1, 0.15) is 5.69 Å². The van der Waals surface area contributed by atoms with Gasteiger partial charge in [0.2, 0.25) is 0 Å². The molecule has 0 aliphatic heterocycles. The lowest BCUT2D eigenvalue weighted by Crippen LogP contribution is -2.35. The zero-order valence-electron chi connectivity index (χ0n) is 15.4. The molecule has 0 aliphatic rings. The van der Waals surface area contributed by atoms with Gasteiger partial charge < -0.3 is 15.4 Å². The van der Waals surface area contributed by atoms with Crippen molar-refractivity contribution in [3.05, 3.63) is 82.4 Å². The molecular formula is C20H21N3O5. The Morgan fingerprint density at radius 1 is 1.25 bits per heavy atom. The lowest BCUT2D eigenvalue weighted by atomic mass is 10.1. The van der Waals surface area contributed by atoms with E-state index >= 15 is 0 Å². The van der Waals surface area contributed by atoms with Crippen LogP contribution in [0, 0.1) is 10.1 Å². The molecule has 1 unspecified atom stereocenters. The van der Waals surface area contributed by atoms with Crippen LogP contribution in [0.4, 0.5) is 11.4 Å². The molecule has 2 aromatic carbocycles. The van der Waals surface area contributed by atoms with Crippen molar-refractivity contribution in [3.63, 3.8) is 0 Å². The largest absolute Gasteiger partial charge is 0.449 e. The van der Waals surface area contributed by atoms with Gasteiger partial charge in [-0.15, -0.1) is 6.58 Å². The summed E-state index contributed by atoms with van der Waals surface area (Å²) in [7, 11) is 0. The number of ether oxygens (including phenoxy) is 1. The van der Waals surface area contributed by atoms with Crippen molar-refractivity contribution < 1.29 is 19.2 Å². The summed E-state index contributed by atoms with van der Waals surface area (Å²) in [6, 6.07) is 13.4. The Hall–Kier alpha value is -3.68. The van der Waals surface area contributed by atoms with Crippen molar-refractivity contribution in [1.29, 1.82) is 0 Å². The quantitative estimate of drug-likeness (QED) is 0.298. The van der Waals surface area contributed by atoms with Crippen LogP contribution in [-0.2, 0) is 16.1 Å². The number of nitro groups is 1. The van der Waals surface area contributed by atoms with E-state index in [-0.39, 0.29) is 23.5 Å². The molecule has 0 aliphatic carbocycles. The predicted octanol–water partition coefficient (Wildman–Crippen LogP) is 3.05. The SMILES string of the molecule is C=CCNC(=O)C(C)OC(=O)c1ccc(NCc2ccccc2)c([N+](=O)[O-])c1. The van der Waals surface area contributed by atoms with Crippen molar-refractivity contribution in [2.75, 3.05) is 11.9 Å². The third-order valence-electron chi connectivity index (χ3n) is 3.83. The molecule has 8 heteroatoms. The molecule has 8 nitrogen and oxygen atoms in total. The minimum absolute atomic E-state index is 0.0136. The molecule has 0 heterocycles. The van der Waals surface area contributed by atoms with Crippen LogP contribution < -0.4 is 10.6 Å². The number of benzene rings is 2. The summed E-state index contributed by atoms with van der Waals surface area (Å²) in [5.74, 6) is -1.30. The average Bonchev–Trinajstić information content (AvgIpc) is 2.70. The summed E-state index contributed by atoms with van der Waals surface area (Å²) in [5, 5.41) is 16.9. The number of anilines is 1. The molecule has 0 spiro atoms. The molecule has 0 bridgehead atoms. The molecule has 0 aromatic heterocycles. The minimum Gasteiger partial charge on any atom is -0.449 e. The number of nitrogens with zero attached hydrogens (tertiary/aromatic N) is 1. The number of amides is 1. The van der Waals surface area contributed by atoms with Crippen LogP contribution in [0.2, 0.25) is 0 Å². The Kier molecular flexibility index (Phi) is 7.27. The van der Waals surface area contributed by atoms with Gasteiger partial charge in [-0.2, -0.15) is 0 Å². The van der Waals surface area contributed by atoms with Crippen LogP contribution in [0.25, 0.3) is 0 Å². The Labute approximate surface area is 162 Å². The highest BCUT2D eigenvalue weighted by Gasteiger charge is 2.22. The molecular weight excluding hydrogens is 362 g/mol. The maximum atomic E-state index is 12.2. The first-order valence-corrected chi connectivity index (χ1v) is 8.58. The number of hydrogen-bond donors (Lipinski definition) is 2. The second-order valence-corrected chi connectivity index (χ2v) is 5.91. The van der Waals surface area contributed by atoms with Crippen LogP contribution in [0.15, 0.2) is 61.2 Å². The molecule has 1 amide bonds. The Bertz CT molecular complexity index is 867. The second kappa shape index (κ2) is 9.86. The standard InChI is InChI=1S/C20H21N3O5/c1-3-11-21-19(24)14(2)28-20(25)16-9-10-17(18(12-16)23(26)27)22-13-15-7-5-4-6-8-15/h3-10,12,14,22H,1,11,13H2,2H3,(H,21,24). The van der Waals surface area contributed by atoms with Crippen molar-refractivity contribution >= 4 is 23.3 Å². The van der Waals surface area contributed by atoms with E-state index in [4.69, 9.17) is 4.74 Å². The number of carbonyl (C=O) groups excluding carboxylic acids is 2. The molecule has 28 heavy (non-hydrogen) atoms. The van der Waals surface area contributed by atoms with E-state index in [0.29, 0.717) is 6.54 Å². The highest BCUT2D eigenvalue weighted by Crippen LogP contribution is 2.26. The van der Waals surface area contributed by atoms with E-state index in [1.54, 1.807) is 0 Å². The number of nitrogens with one attached hydrogen (secondary N) is 2. The monoisotopic (exact) mass is 383 g/mol. The molecule has 2 aromatic rings. The first-order chi connectivity index (χ1) is 13.4. The summed E-state index contributed by atoms with van der Waals surface area (Å²) >= 11 is 0. The summed E-state index contributed by atoms with van der Waals surface area (Å²) in [4.78, 5) is 34.8. The molecule has 146 valence electrons. The molecule has 0 saturated heterocycles. The minimum atomic E-state index is -1.04. The van der Waals surface area contributed by atoms with Crippen LogP contribution >= 0.6 is 0 Å². The van der Waals surface area contributed by atoms with E-state index in [1.165, 1.54) is 25.1 Å². The number of nitro benzene ring substituents is 1. The third-order valence-corrected chi connectivity index (χ3v) is 3.83. The predicted molar refractivity (Wildman–Crippen MR) is 105 cm³/mol. The second-order valence-electron chi connectivity index (χ2n) is 5.91. The summed E-state index contributed by atoms with van der Waals surface area (Å²) in [5.41, 5.74) is 0.969. The van der Waals surface area contributed by atoms with E-state index in [9.17, 15) is 19.7 Å². The van der Waals surface area contributed by atoms with Gasteiger partial charge in [0.15, 0.2) is 6.10 Å². The molecule has 0 radical (unpaired) electrons. The van der Waals surface area contributed by atoms with Gasteiger partial charge in [-0.1, -0.05) is 36.4 Å². The summed E-state index contributed by atoms with van der Waals surface area (Å²) in [6.07, 6.45) is 0.458. The van der Waals surface area contributed by atoms with Crippen LogP contribution in [-0.4, -0.2) is 29.4 Å². The van der Waals surface area contributed by atoms with Crippen molar-refractivity contribution in [2.45, 2.75) is 19.6 Å². The maximum absolute atomic E-state index is 12.2. The Morgan fingerprint density at radius 2 is 1.96 bits per heavy atom. The van der Waals surface area contributed by atoms with Gasteiger partial charge in [-0.05, 0) is 24.6 Å². The number of rotatable bonds is 9. The fraction of sp³-hybridized carbons (Fsp3) is 0.200. The fourth-order valence-electron chi connectivity index (χ4n) is 2.35. The Morgan fingerprint density at radius 3 is 2.61 bits per heavy atom. The normalized spacial score (nSPS) is 11.2. The van der Waals surface area contributed by atoms with E-state index in [2.05, 4.69) is 17.2 Å². The molecule has 2 rings (SSSR count). The van der Waals surface area contributed by atoms with Crippen LogP contribution in [0.1, 0.15) is 22.8 Å². The number of carbonyl (C=O) groups is 2. The van der Waals surface area contributed by atoms with Gasteiger partial charge in [-0.3, -0.25) is 14.9 Å². The van der Waals surface area contributed by atoms with Gasteiger partial charge in [0, 0.05) is 19.2 Å². The highest BCUT2D eigenvalue weighted by molar-refractivity contribution is 5.93. The smallest absolute Gasteiger partial charge is 0.339 e. The van der Waals surface area contributed by atoms with E-state index in [1.807, 2.05) is 30.3 Å². The van der Waals surface area contributed by atoms with Gasteiger partial charge in [0.05, 0.1) is 10.5 Å². The number of esters is 1. The van der Waals surface area contributed by atoms with E-state index in [0.717, 1.165) is 11.6 Å². The van der Waals surface area contributed by atoms with Crippen molar-refractivity contribution in [2.24, 2.45) is 0 Å². The molecule has 2 N–H and O–H groups in total. The maximum Gasteiger partial charge on any atom is 0.339 e. The fourth-order valence-corrected chi connectivity index (χ4v) is 2.35. The zero-order chi connectivity index (χ0) is 20.5. The molecule has 0 fully saturated rings.